The fraction of sp³-hybridized carbons (Fsp3) is 0.533. The van der Waals surface area contributed by atoms with E-state index in [0.29, 0.717) is 11.5 Å². The number of thiocarbonyl (C=S) groups is 1. The zero-order valence-corrected chi connectivity index (χ0v) is 12.6. The van der Waals surface area contributed by atoms with Gasteiger partial charge in [-0.1, -0.05) is 56.8 Å². The molecule has 1 rings (SSSR count). The Morgan fingerprint density at radius 3 is 2.42 bits per heavy atom. The van der Waals surface area contributed by atoms with Crippen molar-refractivity contribution in [3.63, 3.8) is 0 Å². The van der Waals surface area contributed by atoms with Gasteiger partial charge >= 0.3 is 0 Å². The number of hydrogen-bond donors (Lipinski definition) is 2. The number of benzene rings is 1. The zero-order valence-electron chi connectivity index (χ0n) is 11.8. The van der Waals surface area contributed by atoms with Gasteiger partial charge in [-0.05, 0) is 25.1 Å². The van der Waals surface area contributed by atoms with E-state index in [9.17, 15) is 5.11 Å². The Balaban J connectivity index is 2.60. The Morgan fingerprint density at radius 2 is 1.95 bits per heavy atom. The number of aliphatic hydroxyl groups excluding tert-OH is 1. The predicted molar refractivity (Wildman–Crippen MR) is 84.3 cm³/mol. The van der Waals surface area contributed by atoms with Crippen LogP contribution in [-0.4, -0.2) is 34.6 Å². The third kappa shape index (κ3) is 5.27. The van der Waals surface area contributed by atoms with Crippen LogP contribution in [0.2, 0.25) is 0 Å². The summed E-state index contributed by atoms with van der Waals surface area (Å²) in [7, 11) is 0. The van der Waals surface area contributed by atoms with Gasteiger partial charge in [0.1, 0.15) is 4.99 Å². The second-order valence-electron chi connectivity index (χ2n) is 4.75. The standard InChI is InChI=1S/C15H24N2OS/c1-3-5-10-17(4-2)11-14(18)12-6-8-13(9-7-12)15(16)19/h6-9,14,18H,3-5,10-11H2,1-2H3,(H2,16,19). The summed E-state index contributed by atoms with van der Waals surface area (Å²) in [5.41, 5.74) is 7.31. The van der Waals surface area contributed by atoms with Crippen LogP contribution in [0.5, 0.6) is 0 Å². The maximum absolute atomic E-state index is 10.2. The third-order valence-corrected chi connectivity index (χ3v) is 3.52. The molecule has 0 saturated carbocycles. The van der Waals surface area contributed by atoms with Gasteiger partial charge in [0.2, 0.25) is 0 Å². The molecule has 0 aliphatic heterocycles. The van der Waals surface area contributed by atoms with E-state index in [1.54, 1.807) is 0 Å². The fourth-order valence-electron chi connectivity index (χ4n) is 1.98. The molecular formula is C15H24N2OS. The van der Waals surface area contributed by atoms with E-state index in [-0.39, 0.29) is 0 Å². The van der Waals surface area contributed by atoms with Crippen LogP contribution in [0, 0.1) is 0 Å². The Bertz CT molecular complexity index is 392. The molecule has 0 spiro atoms. The van der Waals surface area contributed by atoms with E-state index in [2.05, 4.69) is 18.7 Å². The number of rotatable bonds is 8. The van der Waals surface area contributed by atoms with Gasteiger partial charge in [-0.15, -0.1) is 0 Å². The minimum absolute atomic E-state index is 0.388. The minimum Gasteiger partial charge on any atom is -0.389 e. The van der Waals surface area contributed by atoms with Gasteiger partial charge in [-0.2, -0.15) is 0 Å². The molecule has 1 aromatic carbocycles. The van der Waals surface area contributed by atoms with Crippen molar-refractivity contribution in [1.82, 2.24) is 4.90 Å². The molecule has 0 radical (unpaired) electrons. The average Bonchev–Trinajstić information content (AvgIpc) is 2.43. The molecular weight excluding hydrogens is 256 g/mol. The first-order valence-electron chi connectivity index (χ1n) is 6.88. The van der Waals surface area contributed by atoms with Gasteiger partial charge in [-0.3, -0.25) is 0 Å². The number of likely N-dealkylation sites (N-methyl/N-ethyl adjacent to an activating group) is 1. The molecule has 1 aromatic rings. The smallest absolute Gasteiger partial charge is 0.103 e. The molecule has 0 heterocycles. The van der Waals surface area contributed by atoms with Gasteiger partial charge in [0, 0.05) is 12.1 Å². The zero-order chi connectivity index (χ0) is 14.3. The molecule has 1 unspecified atom stereocenters. The maximum Gasteiger partial charge on any atom is 0.103 e. The average molecular weight is 280 g/mol. The van der Waals surface area contributed by atoms with E-state index >= 15 is 0 Å². The van der Waals surface area contributed by atoms with Crippen LogP contribution in [0.4, 0.5) is 0 Å². The minimum atomic E-state index is -0.461. The van der Waals surface area contributed by atoms with E-state index in [4.69, 9.17) is 18.0 Å². The van der Waals surface area contributed by atoms with Crippen molar-refractivity contribution < 1.29 is 5.11 Å². The van der Waals surface area contributed by atoms with Crippen molar-refractivity contribution in [3.8, 4) is 0 Å². The van der Waals surface area contributed by atoms with Gasteiger partial charge in [0.05, 0.1) is 6.10 Å². The van der Waals surface area contributed by atoms with Crippen molar-refractivity contribution in [3.05, 3.63) is 35.4 Å². The second-order valence-corrected chi connectivity index (χ2v) is 5.19. The summed E-state index contributed by atoms with van der Waals surface area (Å²) < 4.78 is 0. The van der Waals surface area contributed by atoms with E-state index in [1.807, 2.05) is 24.3 Å². The first-order valence-corrected chi connectivity index (χ1v) is 7.29. The van der Waals surface area contributed by atoms with Crippen molar-refractivity contribution in [2.24, 2.45) is 5.73 Å². The quantitative estimate of drug-likeness (QED) is 0.718. The summed E-state index contributed by atoms with van der Waals surface area (Å²) in [4.78, 5) is 2.66. The molecule has 106 valence electrons. The van der Waals surface area contributed by atoms with Gasteiger partial charge in [-0.25, -0.2) is 0 Å². The Morgan fingerprint density at radius 1 is 1.32 bits per heavy atom. The SMILES string of the molecule is CCCCN(CC)CC(O)c1ccc(C(N)=S)cc1. The molecule has 3 nitrogen and oxygen atoms in total. The number of hydrogen-bond acceptors (Lipinski definition) is 3. The van der Waals surface area contributed by atoms with Crippen LogP contribution >= 0.6 is 12.2 Å². The summed E-state index contributed by atoms with van der Waals surface area (Å²) in [6, 6.07) is 7.52. The molecule has 3 N–H and O–H groups in total. The third-order valence-electron chi connectivity index (χ3n) is 3.29. The van der Waals surface area contributed by atoms with Gasteiger partial charge in [0.25, 0.3) is 0 Å². The van der Waals surface area contributed by atoms with Crippen LogP contribution in [0.1, 0.15) is 43.9 Å². The molecule has 0 aliphatic carbocycles. The van der Waals surface area contributed by atoms with E-state index in [1.165, 1.54) is 12.8 Å². The van der Waals surface area contributed by atoms with Crippen molar-refractivity contribution in [2.75, 3.05) is 19.6 Å². The Labute approximate surface area is 121 Å². The first-order chi connectivity index (χ1) is 9.08. The highest BCUT2D eigenvalue weighted by atomic mass is 32.1. The molecule has 19 heavy (non-hydrogen) atoms. The monoisotopic (exact) mass is 280 g/mol. The molecule has 0 amide bonds. The number of nitrogens with two attached hydrogens (primary N) is 1. The molecule has 0 bridgehead atoms. The van der Waals surface area contributed by atoms with Crippen LogP contribution < -0.4 is 5.73 Å². The van der Waals surface area contributed by atoms with Gasteiger partial charge < -0.3 is 15.7 Å². The summed E-state index contributed by atoms with van der Waals surface area (Å²) >= 11 is 4.91. The molecule has 4 heteroatoms. The lowest BCUT2D eigenvalue weighted by Crippen LogP contribution is -2.29. The second kappa shape index (κ2) is 8.25. The highest BCUT2D eigenvalue weighted by Gasteiger charge is 2.12. The maximum atomic E-state index is 10.2. The Hall–Kier alpha value is -0.970. The van der Waals surface area contributed by atoms with Crippen molar-refractivity contribution >= 4 is 17.2 Å². The largest absolute Gasteiger partial charge is 0.389 e. The summed E-state index contributed by atoms with van der Waals surface area (Å²) in [5.74, 6) is 0. The van der Waals surface area contributed by atoms with E-state index < -0.39 is 6.10 Å². The lowest BCUT2D eigenvalue weighted by Gasteiger charge is -2.23. The number of unbranched alkanes of at least 4 members (excludes halogenated alkanes) is 1. The van der Waals surface area contributed by atoms with Crippen LogP contribution in [0.3, 0.4) is 0 Å². The fourth-order valence-corrected chi connectivity index (χ4v) is 2.12. The highest BCUT2D eigenvalue weighted by molar-refractivity contribution is 7.80. The van der Waals surface area contributed by atoms with Gasteiger partial charge in [0.15, 0.2) is 0 Å². The Kier molecular flexibility index (Phi) is 6.99. The highest BCUT2D eigenvalue weighted by Crippen LogP contribution is 2.15. The molecule has 0 saturated heterocycles. The van der Waals surface area contributed by atoms with Crippen LogP contribution in [0.15, 0.2) is 24.3 Å². The molecule has 0 fully saturated rings. The summed E-state index contributed by atoms with van der Waals surface area (Å²) in [5, 5.41) is 10.2. The lowest BCUT2D eigenvalue weighted by molar-refractivity contribution is 0.115. The number of nitrogens with zero attached hydrogens (tertiary/aromatic N) is 1. The normalized spacial score (nSPS) is 12.6. The topological polar surface area (TPSA) is 49.5 Å². The van der Waals surface area contributed by atoms with Crippen molar-refractivity contribution in [2.45, 2.75) is 32.8 Å². The lowest BCUT2D eigenvalue weighted by atomic mass is 10.1. The van der Waals surface area contributed by atoms with Crippen molar-refractivity contribution in [1.29, 1.82) is 0 Å². The summed E-state index contributed by atoms with van der Waals surface area (Å²) in [6.07, 6.45) is 1.88. The van der Waals surface area contributed by atoms with Crippen LogP contribution in [-0.2, 0) is 0 Å². The molecule has 1 atom stereocenters. The molecule has 0 aromatic heterocycles. The molecule has 0 aliphatic rings. The summed E-state index contributed by atoms with van der Waals surface area (Å²) in [6.45, 7) is 6.97. The number of aliphatic hydroxyl groups is 1. The van der Waals surface area contributed by atoms with Crippen LogP contribution in [0.25, 0.3) is 0 Å². The van der Waals surface area contributed by atoms with E-state index in [0.717, 1.165) is 24.2 Å². The predicted octanol–water partition coefficient (Wildman–Crippen LogP) is 2.48. The first kappa shape index (κ1) is 16.1.